The number of rotatable bonds is 7. The van der Waals surface area contributed by atoms with Gasteiger partial charge in [-0.15, -0.1) is 10.2 Å². The van der Waals surface area contributed by atoms with E-state index in [1.165, 1.54) is 11.8 Å². The molecule has 0 saturated heterocycles. The fourth-order valence-corrected chi connectivity index (χ4v) is 3.28. The summed E-state index contributed by atoms with van der Waals surface area (Å²) in [5, 5.41) is 9.46. The molecule has 6 nitrogen and oxygen atoms in total. The summed E-state index contributed by atoms with van der Waals surface area (Å²) in [6.07, 6.45) is 0. The standard InChI is InChI=1S/C18H17ClN4O2S/c1-12-6-2-5-9-15(12)25-10-17-21-22-18(26-11-16(20)24)23(17)14-8-4-3-7-13(14)19/h2-9H,10-11H2,1H3,(H2,20,24). The highest BCUT2D eigenvalue weighted by molar-refractivity contribution is 7.99. The molecule has 1 amide bonds. The van der Waals surface area contributed by atoms with Crippen LogP contribution in [0.3, 0.4) is 0 Å². The average Bonchev–Trinajstić information content (AvgIpc) is 3.02. The molecule has 0 fully saturated rings. The number of nitrogens with zero attached hydrogens (tertiary/aromatic N) is 3. The number of thioether (sulfide) groups is 1. The van der Waals surface area contributed by atoms with Crippen molar-refractivity contribution in [1.82, 2.24) is 14.8 Å². The number of carbonyl (C=O) groups excluding carboxylic acids is 1. The lowest BCUT2D eigenvalue weighted by atomic mass is 10.2. The van der Waals surface area contributed by atoms with Gasteiger partial charge in [-0.25, -0.2) is 0 Å². The van der Waals surface area contributed by atoms with Crippen LogP contribution in [0.25, 0.3) is 5.69 Å². The summed E-state index contributed by atoms with van der Waals surface area (Å²) < 4.78 is 7.68. The molecule has 3 aromatic rings. The van der Waals surface area contributed by atoms with Crippen molar-refractivity contribution in [2.75, 3.05) is 5.75 Å². The Labute approximate surface area is 160 Å². The van der Waals surface area contributed by atoms with E-state index >= 15 is 0 Å². The van der Waals surface area contributed by atoms with Gasteiger partial charge in [0.05, 0.1) is 16.5 Å². The molecule has 2 N–H and O–H groups in total. The lowest BCUT2D eigenvalue weighted by Crippen LogP contribution is -2.14. The fourth-order valence-electron chi connectivity index (χ4n) is 2.36. The first-order valence-corrected chi connectivity index (χ1v) is 9.21. The molecule has 0 unspecified atom stereocenters. The maximum atomic E-state index is 11.1. The molecule has 2 aromatic carbocycles. The Balaban J connectivity index is 1.93. The minimum absolute atomic E-state index is 0.0984. The number of amides is 1. The predicted octanol–water partition coefficient (Wildman–Crippen LogP) is 3.39. The van der Waals surface area contributed by atoms with Crippen LogP contribution in [0, 0.1) is 6.92 Å². The van der Waals surface area contributed by atoms with E-state index in [1.807, 2.05) is 49.4 Å². The van der Waals surface area contributed by atoms with Crippen molar-refractivity contribution in [2.24, 2.45) is 5.73 Å². The van der Waals surface area contributed by atoms with Crippen molar-refractivity contribution in [2.45, 2.75) is 18.7 Å². The van der Waals surface area contributed by atoms with E-state index in [0.29, 0.717) is 16.0 Å². The molecule has 8 heteroatoms. The van der Waals surface area contributed by atoms with Gasteiger partial charge in [-0.05, 0) is 30.7 Å². The van der Waals surface area contributed by atoms with Gasteiger partial charge in [0.1, 0.15) is 12.4 Å². The van der Waals surface area contributed by atoms with E-state index in [0.717, 1.165) is 17.0 Å². The van der Waals surface area contributed by atoms with Crippen LogP contribution in [0.5, 0.6) is 5.75 Å². The summed E-state index contributed by atoms with van der Waals surface area (Å²) in [5.74, 6) is 1.02. The number of aromatic nitrogens is 3. The first-order valence-electron chi connectivity index (χ1n) is 7.85. The number of hydrogen-bond acceptors (Lipinski definition) is 5. The largest absolute Gasteiger partial charge is 0.485 e. The SMILES string of the molecule is Cc1ccccc1OCc1nnc(SCC(N)=O)n1-c1ccccc1Cl. The number of aryl methyl sites for hydroxylation is 1. The molecule has 0 atom stereocenters. The van der Waals surface area contributed by atoms with Crippen LogP contribution in [-0.4, -0.2) is 26.4 Å². The van der Waals surface area contributed by atoms with Crippen LogP contribution >= 0.6 is 23.4 Å². The van der Waals surface area contributed by atoms with Crippen molar-refractivity contribution >= 4 is 29.3 Å². The third-order valence-electron chi connectivity index (χ3n) is 3.59. The van der Waals surface area contributed by atoms with Crippen molar-refractivity contribution in [1.29, 1.82) is 0 Å². The summed E-state index contributed by atoms with van der Waals surface area (Å²) in [5.41, 5.74) is 6.99. The Bertz CT molecular complexity index is 929. The fraction of sp³-hybridized carbons (Fsp3) is 0.167. The number of carbonyl (C=O) groups is 1. The summed E-state index contributed by atoms with van der Waals surface area (Å²) in [6, 6.07) is 15.1. The van der Waals surface area contributed by atoms with E-state index < -0.39 is 5.91 Å². The summed E-state index contributed by atoms with van der Waals surface area (Å²) in [7, 11) is 0. The van der Waals surface area contributed by atoms with Crippen LogP contribution < -0.4 is 10.5 Å². The van der Waals surface area contributed by atoms with Crippen molar-refractivity contribution in [3.63, 3.8) is 0 Å². The van der Waals surface area contributed by atoms with Gasteiger partial charge in [0, 0.05) is 0 Å². The normalized spacial score (nSPS) is 10.7. The van der Waals surface area contributed by atoms with Gasteiger partial charge < -0.3 is 10.5 Å². The van der Waals surface area contributed by atoms with E-state index in [2.05, 4.69) is 10.2 Å². The second-order valence-corrected chi connectivity index (χ2v) is 6.84. The Morgan fingerprint density at radius 3 is 2.65 bits per heavy atom. The zero-order valence-electron chi connectivity index (χ0n) is 14.1. The molecular weight excluding hydrogens is 372 g/mol. The molecule has 0 aliphatic heterocycles. The number of nitrogens with two attached hydrogens (primary N) is 1. The molecule has 0 radical (unpaired) electrons. The molecule has 26 heavy (non-hydrogen) atoms. The number of benzene rings is 2. The number of para-hydroxylation sites is 2. The molecule has 0 aliphatic rings. The third-order valence-corrected chi connectivity index (χ3v) is 4.86. The van der Waals surface area contributed by atoms with Crippen LogP contribution in [0.1, 0.15) is 11.4 Å². The Morgan fingerprint density at radius 1 is 1.19 bits per heavy atom. The van der Waals surface area contributed by atoms with E-state index in [9.17, 15) is 4.79 Å². The van der Waals surface area contributed by atoms with Crippen LogP contribution in [0.4, 0.5) is 0 Å². The van der Waals surface area contributed by atoms with Crippen LogP contribution in [0.15, 0.2) is 53.7 Å². The highest BCUT2D eigenvalue weighted by Gasteiger charge is 2.18. The monoisotopic (exact) mass is 388 g/mol. The van der Waals surface area contributed by atoms with Crippen molar-refractivity contribution in [3.8, 4) is 11.4 Å². The maximum Gasteiger partial charge on any atom is 0.227 e. The Morgan fingerprint density at radius 2 is 1.92 bits per heavy atom. The predicted molar refractivity (Wildman–Crippen MR) is 102 cm³/mol. The number of ether oxygens (including phenoxy) is 1. The summed E-state index contributed by atoms with van der Waals surface area (Å²) in [4.78, 5) is 11.1. The first-order chi connectivity index (χ1) is 12.6. The Hall–Kier alpha value is -2.51. The summed E-state index contributed by atoms with van der Waals surface area (Å²) >= 11 is 7.55. The van der Waals surface area contributed by atoms with Crippen molar-refractivity contribution < 1.29 is 9.53 Å². The molecule has 0 saturated carbocycles. The molecule has 134 valence electrons. The Kier molecular flexibility index (Phi) is 5.80. The molecule has 0 aliphatic carbocycles. The van der Waals surface area contributed by atoms with Gasteiger partial charge in [-0.2, -0.15) is 0 Å². The minimum Gasteiger partial charge on any atom is -0.485 e. The zero-order chi connectivity index (χ0) is 18.5. The molecule has 0 bridgehead atoms. The van der Waals surface area contributed by atoms with Crippen LogP contribution in [-0.2, 0) is 11.4 Å². The van der Waals surface area contributed by atoms with Gasteiger partial charge in [0.2, 0.25) is 5.91 Å². The molecular formula is C18H17ClN4O2S. The van der Waals surface area contributed by atoms with Gasteiger partial charge in [-0.3, -0.25) is 9.36 Å². The lowest BCUT2D eigenvalue weighted by molar-refractivity contribution is -0.115. The van der Waals surface area contributed by atoms with Crippen LogP contribution in [0.2, 0.25) is 5.02 Å². The van der Waals surface area contributed by atoms with Crippen molar-refractivity contribution in [3.05, 3.63) is 64.9 Å². The lowest BCUT2D eigenvalue weighted by Gasteiger charge is -2.13. The average molecular weight is 389 g/mol. The maximum absolute atomic E-state index is 11.1. The van der Waals surface area contributed by atoms with E-state index in [-0.39, 0.29) is 12.4 Å². The second-order valence-electron chi connectivity index (χ2n) is 5.49. The number of halogens is 1. The third kappa shape index (κ3) is 4.17. The molecule has 0 spiro atoms. The molecule has 1 aromatic heterocycles. The van der Waals surface area contributed by atoms with E-state index in [1.54, 1.807) is 10.6 Å². The van der Waals surface area contributed by atoms with Gasteiger partial charge in [0.25, 0.3) is 0 Å². The zero-order valence-corrected chi connectivity index (χ0v) is 15.6. The highest BCUT2D eigenvalue weighted by atomic mass is 35.5. The topological polar surface area (TPSA) is 83.0 Å². The first kappa shape index (κ1) is 18.3. The summed E-state index contributed by atoms with van der Waals surface area (Å²) in [6.45, 7) is 2.18. The van der Waals surface area contributed by atoms with Gasteiger partial charge >= 0.3 is 0 Å². The van der Waals surface area contributed by atoms with Gasteiger partial charge in [-0.1, -0.05) is 53.7 Å². The quantitative estimate of drug-likeness (QED) is 0.627. The second kappa shape index (κ2) is 8.25. The van der Waals surface area contributed by atoms with Gasteiger partial charge in [0.15, 0.2) is 11.0 Å². The molecule has 1 heterocycles. The minimum atomic E-state index is -0.429. The van der Waals surface area contributed by atoms with E-state index in [4.69, 9.17) is 22.1 Å². The highest BCUT2D eigenvalue weighted by Crippen LogP contribution is 2.28. The molecule has 3 rings (SSSR count). The smallest absolute Gasteiger partial charge is 0.227 e. The number of hydrogen-bond donors (Lipinski definition) is 1. The number of primary amides is 1.